The third-order valence-corrected chi connectivity index (χ3v) is 5.58. The van der Waals surface area contributed by atoms with Crippen LogP contribution >= 0.6 is 0 Å². The number of nitrogens with one attached hydrogen (secondary N) is 1. The predicted molar refractivity (Wildman–Crippen MR) is 59.9 cm³/mol. The molecule has 0 aromatic heterocycles. The van der Waals surface area contributed by atoms with E-state index in [1.165, 1.54) is 12.5 Å². The maximum Gasteiger partial charge on any atom is 0.105 e. The average Bonchev–Trinajstić information content (AvgIpc) is 1.86. The maximum atomic E-state index is 3.66. The van der Waals surface area contributed by atoms with Crippen LogP contribution in [-0.4, -0.2) is 24.5 Å². The van der Waals surface area contributed by atoms with Crippen LogP contribution in [0.4, 0.5) is 0 Å². The zero-order valence-electron chi connectivity index (χ0n) is 8.48. The van der Waals surface area contributed by atoms with Gasteiger partial charge < -0.3 is 4.98 Å². The summed E-state index contributed by atoms with van der Waals surface area (Å²) < 4.78 is 0. The first-order valence-electron chi connectivity index (χ1n) is 4.92. The summed E-state index contributed by atoms with van der Waals surface area (Å²) in [7, 11) is -0.181. The van der Waals surface area contributed by atoms with Crippen molar-refractivity contribution in [2.24, 2.45) is 0 Å². The van der Waals surface area contributed by atoms with Gasteiger partial charge in [0.15, 0.2) is 0 Å². The monoisotopic (exact) mass is 189 g/mol. The van der Waals surface area contributed by atoms with Gasteiger partial charge in [0.2, 0.25) is 0 Å². The van der Waals surface area contributed by atoms with E-state index >= 15 is 0 Å². The first-order chi connectivity index (χ1) is 5.16. The lowest BCUT2D eigenvalue weighted by atomic mass is 10.4. The van der Waals surface area contributed by atoms with E-state index in [0.29, 0.717) is 15.6 Å². The predicted octanol–water partition coefficient (Wildman–Crippen LogP) is 1.36. The summed E-state index contributed by atoms with van der Waals surface area (Å²) in [4.78, 5) is 3.66. The van der Waals surface area contributed by atoms with Gasteiger partial charge in [0.25, 0.3) is 0 Å². The Hall–Kier alpha value is 0.394. The molecule has 0 bridgehead atoms. The molecule has 0 fully saturated rings. The van der Waals surface area contributed by atoms with Crippen molar-refractivity contribution in [1.82, 2.24) is 4.98 Å². The molecule has 68 valence electrons. The fraction of sp³-hybridized carbons (Fsp3) is 1.00. The lowest BCUT2D eigenvalue weighted by Gasteiger charge is -2.14. The van der Waals surface area contributed by atoms with Gasteiger partial charge in [-0.05, 0) is 12.1 Å². The molecule has 0 rings (SSSR count). The van der Waals surface area contributed by atoms with Crippen LogP contribution in [0.1, 0.15) is 20.3 Å². The minimum absolute atomic E-state index is 0.338. The van der Waals surface area contributed by atoms with Crippen LogP contribution in [0.2, 0.25) is 25.2 Å². The van der Waals surface area contributed by atoms with E-state index < -0.39 is 8.96 Å². The van der Waals surface area contributed by atoms with Gasteiger partial charge in [-0.15, -0.1) is 0 Å². The van der Waals surface area contributed by atoms with Crippen molar-refractivity contribution in [3.05, 3.63) is 0 Å². The van der Waals surface area contributed by atoms with E-state index in [0.717, 1.165) is 0 Å². The molecule has 0 heterocycles. The molecule has 0 aliphatic carbocycles. The van der Waals surface area contributed by atoms with Crippen molar-refractivity contribution in [2.45, 2.75) is 51.5 Å². The smallest absolute Gasteiger partial charge is 0.105 e. The molecular weight excluding hydrogens is 166 g/mol. The molecule has 1 unspecified atom stereocenters. The molecule has 0 saturated carbocycles. The van der Waals surface area contributed by atoms with Crippen LogP contribution in [0.3, 0.4) is 0 Å². The maximum absolute atomic E-state index is 3.66. The normalized spacial score (nSPS) is 15.0. The Bertz CT molecular complexity index is 86.2. The fourth-order valence-corrected chi connectivity index (χ4v) is 4.92. The molecule has 0 aromatic carbocycles. The highest BCUT2D eigenvalue weighted by Crippen LogP contribution is 1.99. The Morgan fingerprint density at radius 3 is 2.55 bits per heavy atom. The van der Waals surface area contributed by atoms with E-state index in [4.69, 9.17) is 0 Å². The van der Waals surface area contributed by atoms with E-state index in [2.05, 4.69) is 31.9 Å². The summed E-state index contributed by atoms with van der Waals surface area (Å²) in [6, 6.07) is 3.76. The van der Waals surface area contributed by atoms with Gasteiger partial charge >= 0.3 is 0 Å². The molecule has 0 aliphatic rings. The van der Waals surface area contributed by atoms with Crippen molar-refractivity contribution >= 4 is 18.5 Å². The van der Waals surface area contributed by atoms with Crippen LogP contribution in [0.15, 0.2) is 0 Å². The first kappa shape index (κ1) is 11.4. The Kier molecular flexibility index (Phi) is 7.32. The summed E-state index contributed by atoms with van der Waals surface area (Å²) in [5.41, 5.74) is 0. The Balaban J connectivity index is 3.15. The lowest BCUT2D eigenvalue weighted by Crippen LogP contribution is -2.36. The van der Waals surface area contributed by atoms with Crippen LogP contribution in [-0.2, 0) is 0 Å². The van der Waals surface area contributed by atoms with Crippen LogP contribution < -0.4 is 4.98 Å². The molecule has 3 heteroatoms. The molecule has 0 aromatic rings. The van der Waals surface area contributed by atoms with E-state index in [9.17, 15) is 0 Å². The first-order valence-corrected chi connectivity index (χ1v) is 9.89. The van der Waals surface area contributed by atoms with E-state index in [1.807, 2.05) is 0 Å². The summed E-state index contributed by atoms with van der Waals surface area (Å²) in [5.74, 6) is 0. The van der Waals surface area contributed by atoms with Crippen molar-refractivity contribution in [1.29, 1.82) is 0 Å². The fourth-order valence-electron chi connectivity index (χ4n) is 1.35. The van der Waals surface area contributed by atoms with Crippen LogP contribution in [0.25, 0.3) is 0 Å². The van der Waals surface area contributed by atoms with Crippen molar-refractivity contribution in [3.8, 4) is 0 Å². The summed E-state index contributed by atoms with van der Waals surface area (Å²) in [5, 5.41) is 0. The number of hydrogen-bond donors (Lipinski definition) is 1. The molecule has 0 radical (unpaired) electrons. The number of rotatable bonds is 6. The Morgan fingerprint density at radius 1 is 1.45 bits per heavy atom. The Labute approximate surface area is 75.5 Å². The molecule has 1 atom stereocenters. The zero-order valence-corrected chi connectivity index (χ0v) is 11.1. The van der Waals surface area contributed by atoms with E-state index in [-0.39, 0.29) is 0 Å². The average molecular weight is 189 g/mol. The van der Waals surface area contributed by atoms with Gasteiger partial charge in [-0.3, -0.25) is 0 Å². The summed E-state index contributed by atoms with van der Waals surface area (Å²) in [6.07, 6.45) is 1.50. The molecule has 1 nitrogen and oxygen atoms in total. The molecular formula is C8H23NSi2. The molecule has 0 amide bonds. The largest absolute Gasteiger partial charge is 0.337 e. The van der Waals surface area contributed by atoms with Gasteiger partial charge in [-0.25, -0.2) is 0 Å². The standard InChI is InChI=1S/C8H23NSi2/c1-8(2)9-11(4)7-5-6-10-3/h8-9,11H,5-7,10H2,1-4H3. The second-order valence-corrected chi connectivity index (χ2v) is 8.14. The molecule has 11 heavy (non-hydrogen) atoms. The van der Waals surface area contributed by atoms with Gasteiger partial charge in [-0.1, -0.05) is 39.4 Å². The van der Waals surface area contributed by atoms with Crippen molar-refractivity contribution < 1.29 is 0 Å². The second kappa shape index (κ2) is 7.07. The van der Waals surface area contributed by atoms with Gasteiger partial charge in [0.05, 0.1) is 0 Å². The van der Waals surface area contributed by atoms with Crippen molar-refractivity contribution in [3.63, 3.8) is 0 Å². The highest BCUT2D eigenvalue weighted by Gasteiger charge is 2.03. The summed E-state index contributed by atoms with van der Waals surface area (Å²) >= 11 is 0. The van der Waals surface area contributed by atoms with Crippen molar-refractivity contribution in [2.75, 3.05) is 0 Å². The Morgan fingerprint density at radius 2 is 2.09 bits per heavy atom. The summed E-state index contributed by atoms with van der Waals surface area (Å²) in [6.45, 7) is 9.33. The highest BCUT2D eigenvalue weighted by atomic mass is 28.3. The molecule has 0 saturated heterocycles. The van der Waals surface area contributed by atoms with Gasteiger partial charge in [0.1, 0.15) is 8.96 Å². The topological polar surface area (TPSA) is 12.0 Å². The lowest BCUT2D eigenvalue weighted by molar-refractivity contribution is 0.738. The minimum Gasteiger partial charge on any atom is -0.337 e. The highest BCUT2D eigenvalue weighted by molar-refractivity contribution is 6.54. The second-order valence-electron chi connectivity index (χ2n) is 3.72. The van der Waals surface area contributed by atoms with E-state index in [1.54, 1.807) is 6.04 Å². The quantitative estimate of drug-likeness (QED) is 0.491. The van der Waals surface area contributed by atoms with Crippen LogP contribution in [0.5, 0.6) is 0 Å². The molecule has 1 N–H and O–H groups in total. The third kappa shape index (κ3) is 8.30. The third-order valence-electron chi connectivity index (χ3n) is 1.86. The number of hydrogen-bond acceptors (Lipinski definition) is 1. The minimum atomic E-state index is -0.519. The van der Waals surface area contributed by atoms with Gasteiger partial charge in [-0.2, -0.15) is 0 Å². The SMILES string of the molecule is C[SiH2]CCC[SiH](C)NC(C)C. The zero-order chi connectivity index (χ0) is 8.69. The van der Waals surface area contributed by atoms with Crippen LogP contribution in [0, 0.1) is 0 Å². The molecule has 0 aliphatic heterocycles. The molecule has 0 spiro atoms. The van der Waals surface area contributed by atoms with Gasteiger partial charge in [0, 0.05) is 9.52 Å².